The van der Waals surface area contributed by atoms with E-state index >= 15 is 0 Å². The lowest BCUT2D eigenvalue weighted by Gasteiger charge is -2.26. The lowest BCUT2D eigenvalue weighted by atomic mass is 9.93. The Morgan fingerprint density at radius 2 is 2.20 bits per heavy atom. The van der Waals surface area contributed by atoms with Crippen LogP contribution >= 0.6 is 11.6 Å². The van der Waals surface area contributed by atoms with Crippen LogP contribution in [0.5, 0.6) is 5.75 Å². The van der Waals surface area contributed by atoms with Crippen molar-refractivity contribution >= 4 is 17.5 Å². The van der Waals surface area contributed by atoms with Crippen LogP contribution in [0.25, 0.3) is 0 Å². The molecule has 0 bridgehead atoms. The summed E-state index contributed by atoms with van der Waals surface area (Å²) < 4.78 is 0. The summed E-state index contributed by atoms with van der Waals surface area (Å²) in [6.45, 7) is 0. The Balaban J connectivity index is 2.07. The predicted molar refractivity (Wildman–Crippen MR) is 58.2 cm³/mol. The smallest absolute Gasteiger partial charge is 0.251 e. The van der Waals surface area contributed by atoms with Crippen LogP contribution in [-0.2, 0) is 0 Å². The first-order chi connectivity index (χ1) is 7.16. The van der Waals surface area contributed by atoms with Gasteiger partial charge in [-0.1, -0.05) is 11.6 Å². The molecule has 80 valence electrons. The van der Waals surface area contributed by atoms with Crippen molar-refractivity contribution in [1.29, 1.82) is 0 Å². The fraction of sp³-hybridized carbons (Fsp3) is 0.364. The van der Waals surface area contributed by atoms with Gasteiger partial charge in [0.05, 0.1) is 5.02 Å². The molecule has 1 amide bonds. The molecule has 0 atom stereocenters. The van der Waals surface area contributed by atoms with E-state index < -0.39 is 0 Å². The average Bonchev–Trinajstić information content (AvgIpc) is 2.15. The van der Waals surface area contributed by atoms with E-state index in [9.17, 15) is 9.90 Å². The van der Waals surface area contributed by atoms with E-state index in [4.69, 9.17) is 11.6 Å². The second-order valence-electron chi connectivity index (χ2n) is 3.77. The molecule has 0 spiro atoms. The molecule has 1 fully saturated rings. The SMILES string of the molecule is O=C(NC1CCC1)c1ccc(O)c(Cl)c1. The van der Waals surface area contributed by atoms with Crippen molar-refractivity contribution in [3.63, 3.8) is 0 Å². The first-order valence-electron chi connectivity index (χ1n) is 4.96. The van der Waals surface area contributed by atoms with Gasteiger partial charge in [0.1, 0.15) is 5.75 Å². The second-order valence-corrected chi connectivity index (χ2v) is 4.17. The van der Waals surface area contributed by atoms with Gasteiger partial charge in [0.15, 0.2) is 0 Å². The number of halogens is 1. The van der Waals surface area contributed by atoms with E-state index in [-0.39, 0.29) is 16.7 Å². The molecule has 1 aromatic carbocycles. The minimum absolute atomic E-state index is 0.00291. The van der Waals surface area contributed by atoms with Gasteiger partial charge in [-0.3, -0.25) is 4.79 Å². The highest BCUT2D eigenvalue weighted by Gasteiger charge is 2.20. The van der Waals surface area contributed by atoms with Crippen LogP contribution in [-0.4, -0.2) is 17.1 Å². The summed E-state index contributed by atoms with van der Waals surface area (Å²) in [5.74, 6) is -0.126. The van der Waals surface area contributed by atoms with Gasteiger partial charge in [-0.15, -0.1) is 0 Å². The minimum Gasteiger partial charge on any atom is -0.506 e. The van der Waals surface area contributed by atoms with E-state index in [2.05, 4.69) is 5.32 Å². The van der Waals surface area contributed by atoms with Gasteiger partial charge in [0.2, 0.25) is 0 Å². The first-order valence-corrected chi connectivity index (χ1v) is 5.34. The fourth-order valence-electron chi connectivity index (χ4n) is 1.47. The van der Waals surface area contributed by atoms with E-state index in [1.807, 2.05) is 0 Å². The Kier molecular flexibility index (Phi) is 2.82. The topological polar surface area (TPSA) is 49.3 Å². The first kappa shape index (κ1) is 10.3. The van der Waals surface area contributed by atoms with Gasteiger partial charge in [-0.05, 0) is 37.5 Å². The number of nitrogens with one attached hydrogen (secondary N) is 1. The third-order valence-electron chi connectivity index (χ3n) is 2.65. The van der Waals surface area contributed by atoms with Crippen molar-refractivity contribution in [2.45, 2.75) is 25.3 Å². The van der Waals surface area contributed by atoms with Gasteiger partial charge in [0, 0.05) is 11.6 Å². The molecule has 0 aliphatic heterocycles. The zero-order valence-corrected chi connectivity index (χ0v) is 8.92. The highest BCUT2D eigenvalue weighted by atomic mass is 35.5. The molecule has 15 heavy (non-hydrogen) atoms. The van der Waals surface area contributed by atoms with E-state index in [0.29, 0.717) is 11.6 Å². The lowest BCUT2D eigenvalue weighted by Crippen LogP contribution is -2.39. The quantitative estimate of drug-likeness (QED) is 0.812. The molecule has 1 aliphatic rings. The van der Waals surface area contributed by atoms with E-state index in [1.165, 1.54) is 18.6 Å². The summed E-state index contributed by atoms with van der Waals surface area (Å²) >= 11 is 5.71. The molecule has 0 radical (unpaired) electrons. The summed E-state index contributed by atoms with van der Waals surface area (Å²) in [5, 5.41) is 12.3. The van der Waals surface area contributed by atoms with Crippen LogP contribution in [0.1, 0.15) is 29.6 Å². The van der Waals surface area contributed by atoms with E-state index in [0.717, 1.165) is 12.8 Å². The van der Waals surface area contributed by atoms with Gasteiger partial charge in [-0.25, -0.2) is 0 Å². The van der Waals surface area contributed by atoms with Crippen molar-refractivity contribution in [2.75, 3.05) is 0 Å². The Morgan fingerprint density at radius 3 is 2.73 bits per heavy atom. The van der Waals surface area contributed by atoms with Gasteiger partial charge >= 0.3 is 0 Å². The minimum atomic E-state index is -0.124. The standard InChI is InChI=1S/C11H12ClNO2/c12-9-6-7(4-5-10(9)14)11(15)13-8-2-1-3-8/h4-6,8,14H,1-3H2,(H,13,15). The number of hydrogen-bond donors (Lipinski definition) is 2. The number of benzene rings is 1. The molecule has 1 aromatic rings. The van der Waals surface area contributed by atoms with Crippen LogP contribution in [0.3, 0.4) is 0 Å². The summed E-state index contributed by atoms with van der Waals surface area (Å²) in [7, 11) is 0. The molecule has 0 aromatic heterocycles. The second kappa shape index (κ2) is 4.11. The molecular formula is C11H12ClNO2. The van der Waals surface area contributed by atoms with Crippen LogP contribution in [0.2, 0.25) is 5.02 Å². The molecular weight excluding hydrogens is 214 g/mol. The number of hydrogen-bond acceptors (Lipinski definition) is 2. The number of aromatic hydroxyl groups is 1. The normalized spacial score (nSPS) is 15.8. The maximum absolute atomic E-state index is 11.7. The maximum Gasteiger partial charge on any atom is 0.251 e. The number of rotatable bonds is 2. The molecule has 0 saturated heterocycles. The molecule has 2 rings (SSSR count). The molecule has 1 saturated carbocycles. The number of amides is 1. The van der Waals surface area contributed by atoms with Crippen molar-refractivity contribution in [2.24, 2.45) is 0 Å². The summed E-state index contributed by atoms with van der Waals surface area (Å²) in [4.78, 5) is 11.7. The average molecular weight is 226 g/mol. The van der Waals surface area contributed by atoms with E-state index in [1.54, 1.807) is 6.07 Å². The van der Waals surface area contributed by atoms with Crippen molar-refractivity contribution in [3.8, 4) is 5.75 Å². The fourth-order valence-corrected chi connectivity index (χ4v) is 1.65. The van der Waals surface area contributed by atoms with Crippen molar-refractivity contribution < 1.29 is 9.90 Å². The number of carbonyl (C=O) groups is 1. The van der Waals surface area contributed by atoms with Gasteiger partial charge in [-0.2, -0.15) is 0 Å². The lowest BCUT2D eigenvalue weighted by molar-refractivity contribution is 0.0917. The Morgan fingerprint density at radius 1 is 1.47 bits per heavy atom. The highest BCUT2D eigenvalue weighted by molar-refractivity contribution is 6.32. The summed E-state index contributed by atoms with van der Waals surface area (Å²) in [6, 6.07) is 4.78. The maximum atomic E-state index is 11.7. The highest BCUT2D eigenvalue weighted by Crippen LogP contribution is 2.24. The van der Waals surface area contributed by atoms with Gasteiger partial charge < -0.3 is 10.4 Å². The van der Waals surface area contributed by atoms with Crippen LogP contribution in [0.15, 0.2) is 18.2 Å². The monoisotopic (exact) mass is 225 g/mol. The van der Waals surface area contributed by atoms with Crippen LogP contribution in [0.4, 0.5) is 0 Å². The summed E-state index contributed by atoms with van der Waals surface area (Å²) in [5.41, 5.74) is 0.490. The number of carbonyl (C=O) groups excluding carboxylic acids is 1. The van der Waals surface area contributed by atoms with Crippen molar-refractivity contribution in [1.82, 2.24) is 5.32 Å². The predicted octanol–water partition coefficient (Wildman–Crippen LogP) is 2.33. The number of phenolic OH excluding ortho intramolecular Hbond substituents is 1. The third-order valence-corrected chi connectivity index (χ3v) is 2.95. The molecule has 0 unspecified atom stereocenters. The molecule has 2 N–H and O–H groups in total. The van der Waals surface area contributed by atoms with Crippen LogP contribution < -0.4 is 5.32 Å². The van der Waals surface area contributed by atoms with Crippen molar-refractivity contribution in [3.05, 3.63) is 28.8 Å². The van der Waals surface area contributed by atoms with Crippen LogP contribution in [0, 0.1) is 0 Å². The largest absolute Gasteiger partial charge is 0.506 e. The number of phenols is 1. The Labute approximate surface area is 93.1 Å². The molecule has 3 nitrogen and oxygen atoms in total. The van der Waals surface area contributed by atoms with Gasteiger partial charge in [0.25, 0.3) is 5.91 Å². The zero-order valence-electron chi connectivity index (χ0n) is 8.16. The zero-order chi connectivity index (χ0) is 10.8. The molecule has 1 aliphatic carbocycles. The summed E-state index contributed by atoms with van der Waals surface area (Å²) in [6.07, 6.45) is 3.29. The molecule has 4 heteroatoms. The third kappa shape index (κ3) is 2.23. The Hall–Kier alpha value is -1.22. The molecule has 0 heterocycles. The Bertz CT molecular complexity index is 388.